The first kappa shape index (κ1) is 10.0. The molecule has 1 aliphatic carbocycles. The highest BCUT2D eigenvalue weighted by atomic mass is 15.3. The van der Waals surface area contributed by atoms with E-state index in [2.05, 4.69) is 11.2 Å². The topological polar surface area (TPSA) is 67.6 Å². The highest BCUT2D eigenvalue weighted by Gasteiger charge is 2.23. The molecule has 1 saturated carbocycles. The maximum atomic E-state index is 9.00. The van der Waals surface area contributed by atoms with Gasteiger partial charge in [-0.3, -0.25) is 0 Å². The van der Waals surface area contributed by atoms with Crippen LogP contribution >= 0.6 is 0 Å². The smallest absolute Gasteiger partial charge is 0.140 e. The molecule has 15 heavy (non-hydrogen) atoms. The van der Waals surface area contributed by atoms with E-state index < -0.39 is 0 Å². The molecule has 0 radical (unpaired) electrons. The minimum absolute atomic E-state index is 0.414. The lowest BCUT2D eigenvalue weighted by Gasteiger charge is -2.11. The number of aromatic nitrogens is 2. The van der Waals surface area contributed by atoms with E-state index in [0.29, 0.717) is 17.4 Å². The van der Waals surface area contributed by atoms with Crippen molar-refractivity contribution in [1.29, 1.82) is 5.26 Å². The molecule has 80 valence electrons. The zero-order valence-electron chi connectivity index (χ0n) is 9.03. The molecule has 0 bridgehead atoms. The molecule has 0 atom stereocenters. The third-order valence-corrected chi connectivity index (χ3v) is 3.14. The molecule has 0 unspecified atom stereocenters. The van der Waals surface area contributed by atoms with E-state index in [-0.39, 0.29) is 0 Å². The molecule has 4 nitrogen and oxygen atoms in total. The maximum absolute atomic E-state index is 9.00. The molecule has 2 N–H and O–H groups in total. The Morgan fingerprint density at radius 1 is 1.53 bits per heavy atom. The van der Waals surface area contributed by atoms with Gasteiger partial charge >= 0.3 is 0 Å². The molecule has 1 aromatic rings. The highest BCUT2D eigenvalue weighted by molar-refractivity contribution is 5.52. The van der Waals surface area contributed by atoms with Gasteiger partial charge in [-0.1, -0.05) is 19.8 Å². The van der Waals surface area contributed by atoms with E-state index in [1.165, 1.54) is 12.8 Å². The van der Waals surface area contributed by atoms with E-state index in [0.717, 1.165) is 25.0 Å². The number of nitrogens with two attached hydrogens (primary N) is 1. The van der Waals surface area contributed by atoms with Crippen molar-refractivity contribution < 1.29 is 0 Å². The van der Waals surface area contributed by atoms with Crippen molar-refractivity contribution in [1.82, 2.24) is 9.78 Å². The minimum atomic E-state index is 0.414. The second-order valence-electron chi connectivity index (χ2n) is 4.06. The van der Waals surface area contributed by atoms with Gasteiger partial charge < -0.3 is 5.73 Å². The Morgan fingerprint density at radius 3 is 2.67 bits per heavy atom. The molecular weight excluding hydrogens is 188 g/mol. The molecule has 0 amide bonds. The lowest BCUT2D eigenvalue weighted by atomic mass is 10.2. The van der Waals surface area contributed by atoms with Gasteiger partial charge in [0.15, 0.2) is 0 Å². The molecule has 0 spiro atoms. The van der Waals surface area contributed by atoms with Crippen LogP contribution in [0.2, 0.25) is 0 Å². The van der Waals surface area contributed by atoms with Crippen LogP contribution in [0, 0.1) is 11.3 Å². The summed E-state index contributed by atoms with van der Waals surface area (Å²) in [5.74, 6) is 0.557. The average molecular weight is 204 g/mol. The summed E-state index contributed by atoms with van der Waals surface area (Å²) in [6, 6.07) is 2.56. The van der Waals surface area contributed by atoms with Crippen LogP contribution in [0.15, 0.2) is 0 Å². The Bertz CT molecular complexity index is 393. The number of hydrogen-bond donors (Lipinski definition) is 1. The summed E-state index contributed by atoms with van der Waals surface area (Å²) in [5.41, 5.74) is 7.36. The summed E-state index contributed by atoms with van der Waals surface area (Å²) in [7, 11) is 0. The van der Waals surface area contributed by atoms with Crippen LogP contribution in [0.25, 0.3) is 0 Å². The summed E-state index contributed by atoms with van der Waals surface area (Å²) in [6.45, 7) is 2.00. The SMILES string of the molecule is CCc1nn(C2CCCC2)c(N)c1C#N. The number of hydrogen-bond acceptors (Lipinski definition) is 3. The highest BCUT2D eigenvalue weighted by Crippen LogP contribution is 2.32. The Morgan fingerprint density at radius 2 is 2.20 bits per heavy atom. The second kappa shape index (κ2) is 3.93. The van der Waals surface area contributed by atoms with Gasteiger partial charge in [-0.05, 0) is 19.3 Å². The summed E-state index contributed by atoms with van der Waals surface area (Å²) in [6.07, 6.45) is 5.53. The van der Waals surface area contributed by atoms with E-state index in [4.69, 9.17) is 11.0 Å². The van der Waals surface area contributed by atoms with Gasteiger partial charge in [0.1, 0.15) is 17.5 Å². The van der Waals surface area contributed by atoms with Crippen LogP contribution in [-0.2, 0) is 6.42 Å². The fourth-order valence-corrected chi connectivity index (χ4v) is 2.29. The van der Waals surface area contributed by atoms with Crippen molar-refractivity contribution in [2.45, 2.75) is 45.1 Å². The molecule has 1 heterocycles. The number of anilines is 1. The monoisotopic (exact) mass is 204 g/mol. The van der Waals surface area contributed by atoms with E-state index >= 15 is 0 Å². The van der Waals surface area contributed by atoms with Crippen LogP contribution in [0.1, 0.15) is 49.9 Å². The molecule has 1 aliphatic rings. The standard InChI is InChI=1S/C11H16N4/c1-2-10-9(7-12)11(13)15(14-10)8-5-3-4-6-8/h8H,2-6,13H2,1H3. The normalized spacial score (nSPS) is 16.8. The van der Waals surface area contributed by atoms with Gasteiger partial charge in [0, 0.05) is 0 Å². The molecular formula is C11H16N4. The van der Waals surface area contributed by atoms with Crippen molar-refractivity contribution in [2.24, 2.45) is 0 Å². The fourth-order valence-electron chi connectivity index (χ4n) is 2.29. The Labute approximate surface area is 89.7 Å². The van der Waals surface area contributed by atoms with Crippen LogP contribution in [0.4, 0.5) is 5.82 Å². The Balaban J connectivity index is 2.40. The predicted octanol–water partition coefficient (Wildman–Crippen LogP) is 2.01. The van der Waals surface area contributed by atoms with Crippen molar-refractivity contribution in [2.75, 3.05) is 5.73 Å². The second-order valence-corrected chi connectivity index (χ2v) is 4.06. The number of nitrogens with zero attached hydrogens (tertiary/aromatic N) is 3. The first-order chi connectivity index (χ1) is 7.27. The lowest BCUT2D eigenvalue weighted by molar-refractivity contribution is 0.470. The van der Waals surface area contributed by atoms with E-state index in [9.17, 15) is 0 Å². The van der Waals surface area contributed by atoms with Crippen LogP contribution in [-0.4, -0.2) is 9.78 Å². The zero-order chi connectivity index (χ0) is 10.8. The summed E-state index contributed by atoms with van der Waals surface area (Å²) in [4.78, 5) is 0. The molecule has 4 heteroatoms. The molecule has 0 aromatic carbocycles. The molecule has 2 rings (SSSR count). The number of rotatable bonds is 2. The minimum Gasteiger partial charge on any atom is -0.383 e. The van der Waals surface area contributed by atoms with Gasteiger partial charge in [0.2, 0.25) is 0 Å². The Kier molecular flexibility index (Phi) is 2.63. The van der Waals surface area contributed by atoms with Crippen molar-refractivity contribution in [3.05, 3.63) is 11.3 Å². The summed E-state index contributed by atoms with van der Waals surface area (Å²) < 4.78 is 1.87. The number of nitriles is 1. The summed E-state index contributed by atoms with van der Waals surface area (Å²) >= 11 is 0. The third kappa shape index (κ3) is 1.58. The van der Waals surface area contributed by atoms with Gasteiger partial charge in [-0.25, -0.2) is 4.68 Å². The maximum Gasteiger partial charge on any atom is 0.140 e. The lowest BCUT2D eigenvalue weighted by Crippen LogP contribution is -2.10. The van der Waals surface area contributed by atoms with Gasteiger partial charge in [-0.2, -0.15) is 10.4 Å². The van der Waals surface area contributed by atoms with Crippen molar-refractivity contribution >= 4 is 5.82 Å². The van der Waals surface area contributed by atoms with Crippen molar-refractivity contribution in [3.8, 4) is 6.07 Å². The molecule has 0 saturated heterocycles. The van der Waals surface area contributed by atoms with Crippen molar-refractivity contribution in [3.63, 3.8) is 0 Å². The third-order valence-electron chi connectivity index (χ3n) is 3.14. The van der Waals surface area contributed by atoms with Gasteiger partial charge in [0.05, 0.1) is 11.7 Å². The van der Waals surface area contributed by atoms with E-state index in [1.807, 2.05) is 11.6 Å². The van der Waals surface area contributed by atoms with Crippen LogP contribution < -0.4 is 5.73 Å². The number of aryl methyl sites for hydroxylation is 1. The quantitative estimate of drug-likeness (QED) is 0.801. The molecule has 1 fully saturated rings. The average Bonchev–Trinajstić information content (AvgIpc) is 2.84. The zero-order valence-corrected chi connectivity index (χ0v) is 9.03. The molecule has 1 aromatic heterocycles. The van der Waals surface area contributed by atoms with Crippen LogP contribution in [0.3, 0.4) is 0 Å². The first-order valence-electron chi connectivity index (χ1n) is 5.54. The van der Waals surface area contributed by atoms with Gasteiger partial charge in [0.25, 0.3) is 0 Å². The number of nitrogen functional groups attached to an aromatic ring is 1. The predicted molar refractivity (Wildman–Crippen MR) is 58.2 cm³/mol. The first-order valence-corrected chi connectivity index (χ1v) is 5.54. The van der Waals surface area contributed by atoms with Gasteiger partial charge in [-0.15, -0.1) is 0 Å². The largest absolute Gasteiger partial charge is 0.383 e. The molecule has 0 aliphatic heterocycles. The Hall–Kier alpha value is -1.50. The van der Waals surface area contributed by atoms with E-state index in [1.54, 1.807) is 0 Å². The van der Waals surface area contributed by atoms with Crippen LogP contribution in [0.5, 0.6) is 0 Å². The fraction of sp³-hybridized carbons (Fsp3) is 0.636. The summed E-state index contributed by atoms with van der Waals surface area (Å²) in [5, 5.41) is 13.5.